The summed E-state index contributed by atoms with van der Waals surface area (Å²) in [5, 5.41) is 7.15. The summed E-state index contributed by atoms with van der Waals surface area (Å²) in [5.41, 5.74) is 1.63. The van der Waals surface area contributed by atoms with E-state index in [0.717, 1.165) is 5.56 Å². The maximum atomic E-state index is 11.7. The lowest BCUT2D eigenvalue weighted by Crippen LogP contribution is -2.35. The van der Waals surface area contributed by atoms with Gasteiger partial charge in [-0.25, -0.2) is 4.79 Å². The number of oxime groups is 1. The standard InChI is InChI=1S/C20H23ClN4O4/c1-20(2,3)28-19(26)24-11-15-8-16(29-25-15)12-27-17-7-14(21)10-23-18(17)13-5-4-6-22-9-13/h4-7,9-10,16H,8,11-12H2,1-3H3,(H,24,26). The number of nitrogens with one attached hydrogen (secondary N) is 1. The lowest BCUT2D eigenvalue weighted by Gasteiger charge is -2.19. The fraction of sp³-hybridized carbons (Fsp3) is 0.400. The third-order valence-corrected chi connectivity index (χ3v) is 4.02. The molecule has 154 valence electrons. The molecule has 0 aliphatic carbocycles. The van der Waals surface area contributed by atoms with Crippen molar-refractivity contribution >= 4 is 23.4 Å². The quantitative estimate of drug-likeness (QED) is 0.765. The van der Waals surface area contributed by atoms with Crippen molar-refractivity contribution in [3.63, 3.8) is 0 Å². The van der Waals surface area contributed by atoms with Crippen molar-refractivity contribution < 1.29 is 19.1 Å². The summed E-state index contributed by atoms with van der Waals surface area (Å²) in [5.74, 6) is 0.537. The topological polar surface area (TPSA) is 94.9 Å². The number of aromatic nitrogens is 2. The second-order valence-corrected chi connectivity index (χ2v) is 7.93. The highest BCUT2D eigenvalue weighted by atomic mass is 35.5. The molecular formula is C20H23ClN4O4. The molecule has 2 aromatic heterocycles. The molecule has 0 bridgehead atoms. The lowest BCUT2D eigenvalue weighted by molar-refractivity contribution is 0.0471. The second-order valence-electron chi connectivity index (χ2n) is 7.50. The average molecular weight is 419 g/mol. The largest absolute Gasteiger partial charge is 0.487 e. The fourth-order valence-corrected chi connectivity index (χ4v) is 2.75. The Morgan fingerprint density at radius 3 is 2.93 bits per heavy atom. The SMILES string of the molecule is CC(C)(C)OC(=O)NCC1=NOC(COc2cc(Cl)cnc2-c2cccnc2)C1. The zero-order valence-corrected chi connectivity index (χ0v) is 17.3. The van der Waals surface area contributed by atoms with Gasteiger partial charge < -0.3 is 19.6 Å². The van der Waals surface area contributed by atoms with Gasteiger partial charge in [-0.3, -0.25) is 9.97 Å². The number of carbonyl (C=O) groups excluding carboxylic acids is 1. The predicted molar refractivity (Wildman–Crippen MR) is 109 cm³/mol. The number of nitrogens with zero attached hydrogens (tertiary/aromatic N) is 3. The molecule has 1 amide bonds. The maximum Gasteiger partial charge on any atom is 0.407 e. The highest BCUT2D eigenvalue weighted by Crippen LogP contribution is 2.30. The molecule has 3 heterocycles. The number of alkyl carbamates (subject to hydrolysis) is 1. The number of amides is 1. The molecule has 0 radical (unpaired) electrons. The van der Waals surface area contributed by atoms with E-state index in [1.807, 2.05) is 12.1 Å². The molecular weight excluding hydrogens is 396 g/mol. The molecule has 3 rings (SSSR count). The van der Waals surface area contributed by atoms with Crippen LogP contribution in [0.4, 0.5) is 4.79 Å². The number of hydrogen-bond acceptors (Lipinski definition) is 7. The lowest BCUT2D eigenvalue weighted by atomic mass is 10.1. The maximum absolute atomic E-state index is 11.7. The van der Waals surface area contributed by atoms with Gasteiger partial charge in [0, 0.05) is 36.6 Å². The number of hydrogen-bond donors (Lipinski definition) is 1. The Morgan fingerprint density at radius 1 is 1.38 bits per heavy atom. The van der Waals surface area contributed by atoms with Gasteiger partial charge in [-0.1, -0.05) is 16.8 Å². The first-order valence-electron chi connectivity index (χ1n) is 9.17. The van der Waals surface area contributed by atoms with Crippen LogP contribution in [-0.2, 0) is 9.57 Å². The van der Waals surface area contributed by atoms with Crippen molar-refractivity contribution in [2.45, 2.75) is 38.9 Å². The monoisotopic (exact) mass is 418 g/mol. The molecule has 0 spiro atoms. The Morgan fingerprint density at radius 2 is 2.21 bits per heavy atom. The Balaban J connectivity index is 1.52. The first-order chi connectivity index (χ1) is 13.8. The number of ether oxygens (including phenoxy) is 2. The van der Waals surface area contributed by atoms with Crippen LogP contribution < -0.4 is 10.1 Å². The van der Waals surface area contributed by atoms with Crippen molar-refractivity contribution in [1.82, 2.24) is 15.3 Å². The molecule has 1 aliphatic heterocycles. The van der Waals surface area contributed by atoms with Crippen LogP contribution in [0.25, 0.3) is 11.3 Å². The summed E-state index contributed by atoms with van der Waals surface area (Å²) in [6.07, 6.45) is 4.73. The number of pyridine rings is 2. The van der Waals surface area contributed by atoms with Crippen LogP contribution in [0.1, 0.15) is 27.2 Å². The van der Waals surface area contributed by atoms with E-state index in [2.05, 4.69) is 20.4 Å². The molecule has 2 aromatic rings. The van der Waals surface area contributed by atoms with Crippen LogP contribution in [-0.4, -0.2) is 46.6 Å². The average Bonchev–Trinajstić information content (AvgIpc) is 3.12. The Labute approximate surface area is 174 Å². The Kier molecular flexibility index (Phi) is 6.53. The third-order valence-electron chi connectivity index (χ3n) is 3.81. The van der Waals surface area contributed by atoms with Gasteiger partial charge >= 0.3 is 6.09 Å². The summed E-state index contributed by atoms with van der Waals surface area (Å²) in [6, 6.07) is 5.43. The zero-order valence-electron chi connectivity index (χ0n) is 16.5. The Hall–Kier alpha value is -2.87. The highest BCUT2D eigenvalue weighted by molar-refractivity contribution is 6.30. The summed E-state index contributed by atoms with van der Waals surface area (Å²) in [6.45, 7) is 5.93. The third kappa shape index (κ3) is 6.32. The number of rotatable bonds is 6. The molecule has 8 nitrogen and oxygen atoms in total. The van der Waals surface area contributed by atoms with Crippen molar-refractivity contribution in [1.29, 1.82) is 0 Å². The van der Waals surface area contributed by atoms with Crippen LogP contribution in [0.5, 0.6) is 5.75 Å². The predicted octanol–water partition coefficient (Wildman–Crippen LogP) is 3.85. The van der Waals surface area contributed by atoms with Crippen molar-refractivity contribution in [2.75, 3.05) is 13.2 Å². The van der Waals surface area contributed by atoms with E-state index in [9.17, 15) is 4.79 Å². The van der Waals surface area contributed by atoms with Crippen LogP contribution in [0.3, 0.4) is 0 Å². The van der Waals surface area contributed by atoms with E-state index < -0.39 is 11.7 Å². The molecule has 0 saturated carbocycles. The minimum absolute atomic E-state index is 0.255. The van der Waals surface area contributed by atoms with E-state index >= 15 is 0 Å². The highest BCUT2D eigenvalue weighted by Gasteiger charge is 2.24. The summed E-state index contributed by atoms with van der Waals surface area (Å²) < 4.78 is 11.1. The van der Waals surface area contributed by atoms with Crippen molar-refractivity contribution in [3.8, 4) is 17.0 Å². The van der Waals surface area contributed by atoms with Crippen LogP contribution in [0, 0.1) is 0 Å². The molecule has 1 aliphatic rings. The number of halogens is 1. The van der Waals surface area contributed by atoms with Crippen molar-refractivity contribution in [3.05, 3.63) is 41.8 Å². The van der Waals surface area contributed by atoms with Gasteiger partial charge in [0.1, 0.15) is 23.7 Å². The van der Waals surface area contributed by atoms with E-state index in [4.69, 9.17) is 25.9 Å². The van der Waals surface area contributed by atoms with Crippen LogP contribution in [0.15, 0.2) is 41.9 Å². The smallest absolute Gasteiger partial charge is 0.407 e. The molecule has 0 saturated heterocycles. The molecule has 29 heavy (non-hydrogen) atoms. The summed E-state index contributed by atoms with van der Waals surface area (Å²) in [4.78, 5) is 25.6. The minimum Gasteiger partial charge on any atom is -0.487 e. The molecule has 1 N–H and O–H groups in total. The molecule has 9 heteroatoms. The van der Waals surface area contributed by atoms with Gasteiger partial charge in [0.05, 0.1) is 17.3 Å². The minimum atomic E-state index is -0.550. The van der Waals surface area contributed by atoms with Gasteiger partial charge in [-0.15, -0.1) is 0 Å². The van der Waals surface area contributed by atoms with Gasteiger partial charge in [0.2, 0.25) is 0 Å². The first kappa shape index (κ1) is 20.9. The Bertz CT molecular complexity index is 884. The molecule has 1 unspecified atom stereocenters. The van der Waals surface area contributed by atoms with Gasteiger partial charge in [-0.2, -0.15) is 0 Å². The molecule has 1 atom stereocenters. The fourth-order valence-electron chi connectivity index (χ4n) is 2.60. The van der Waals surface area contributed by atoms with Gasteiger partial charge in [0.25, 0.3) is 0 Å². The van der Waals surface area contributed by atoms with Crippen molar-refractivity contribution in [2.24, 2.45) is 5.16 Å². The van der Waals surface area contributed by atoms with E-state index in [1.54, 1.807) is 45.4 Å². The van der Waals surface area contributed by atoms with Crippen LogP contribution >= 0.6 is 11.6 Å². The van der Waals surface area contributed by atoms with E-state index in [-0.39, 0.29) is 19.3 Å². The molecule has 0 fully saturated rings. The first-order valence-corrected chi connectivity index (χ1v) is 9.55. The van der Waals surface area contributed by atoms with Gasteiger partial charge in [0.15, 0.2) is 6.10 Å². The zero-order chi connectivity index (χ0) is 20.9. The summed E-state index contributed by atoms with van der Waals surface area (Å²) >= 11 is 6.08. The summed E-state index contributed by atoms with van der Waals surface area (Å²) in [7, 11) is 0. The van der Waals surface area contributed by atoms with E-state index in [1.165, 1.54) is 0 Å². The van der Waals surface area contributed by atoms with E-state index in [0.29, 0.717) is 28.6 Å². The van der Waals surface area contributed by atoms with Crippen LogP contribution in [0.2, 0.25) is 5.02 Å². The van der Waals surface area contributed by atoms with Gasteiger partial charge in [-0.05, 0) is 32.9 Å². The second kappa shape index (κ2) is 9.09. The normalized spacial score (nSPS) is 16.0. The number of carbonyl (C=O) groups is 1. The molecule has 0 aromatic carbocycles.